The number of hydrogen-bond donors (Lipinski definition) is 0. The van der Waals surface area contributed by atoms with E-state index in [1.165, 1.54) is 0 Å². The monoisotopic (exact) mass is 194 g/mol. The van der Waals surface area contributed by atoms with E-state index in [0.717, 1.165) is 0 Å². The first-order chi connectivity index (χ1) is 4.71. The Hall–Kier alpha value is 0.314. The molecule has 0 aromatic rings. The molecule has 3 nitrogen and oxygen atoms in total. The molecule has 0 saturated carbocycles. The second-order valence-electron chi connectivity index (χ2n) is 4.46. The third-order valence-electron chi connectivity index (χ3n) is 0.568. The van der Waals surface area contributed by atoms with Crippen LogP contribution in [-0.4, -0.2) is 16.6 Å². The summed E-state index contributed by atoms with van der Waals surface area (Å²) in [5, 5.41) is 4.69. The van der Waals surface area contributed by atoms with Crippen LogP contribution in [0.4, 0.5) is 0 Å². The first-order valence-electron chi connectivity index (χ1n) is 3.74. The third kappa shape index (κ3) is 10.3. The molecule has 0 saturated heterocycles. The van der Waals surface area contributed by atoms with Gasteiger partial charge in [-0.05, 0) is 39.3 Å². The number of rotatable bonds is 4. The van der Waals surface area contributed by atoms with Gasteiger partial charge in [0.2, 0.25) is 16.6 Å². The highest BCUT2D eigenvalue weighted by atomic mass is 28.4. The Morgan fingerprint density at radius 1 is 0.636 bits per heavy atom. The van der Waals surface area contributed by atoms with E-state index < -0.39 is 16.6 Å². The molecule has 0 aliphatic heterocycles. The molecular weight excluding hydrogens is 176 g/mol. The Morgan fingerprint density at radius 3 is 1.09 bits per heavy atom. The van der Waals surface area contributed by atoms with Crippen LogP contribution in [0.15, 0.2) is 0 Å². The average molecular weight is 194 g/mol. The maximum atomic E-state index is 5.06. The van der Waals surface area contributed by atoms with Crippen molar-refractivity contribution in [2.45, 2.75) is 39.3 Å². The molecule has 0 N–H and O–H groups in total. The Balaban J connectivity index is 3.44. The van der Waals surface area contributed by atoms with Crippen LogP contribution in [0.5, 0.6) is 0 Å². The molecule has 0 atom stereocenters. The zero-order chi connectivity index (χ0) is 9.12. The highest BCUT2D eigenvalue weighted by Crippen LogP contribution is 2.08. The summed E-state index contributed by atoms with van der Waals surface area (Å²) in [5.74, 6) is 0. The molecule has 68 valence electrons. The molecule has 0 aromatic heterocycles. The van der Waals surface area contributed by atoms with Crippen LogP contribution in [0.1, 0.15) is 0 Å². The van der Waals surface area contributed by atoms with Gasteiger partial charge in [-0.25, -0.2) is 0 Å². The van der Waals surface area contributed by atoms with Gasteiger partial charge in [0.1, 0.15) is 0 Å². The van der Waals surface area contributed by atoms with Crippen LogP contribution in [0.25, 0.3) is 0 Å². The molecule has 0 spiro atoms. The Kier molecular flexibility index (Phi) is 3.92. The fourth-order valence-electron chi connectivity index (χ4n) is 0.221. The Bertz CT molecular complexity index is 100.0. The lowest BCUT2D eigenvalue weighted by Gasteiger charge is -2.19. The topological polar surface area (TPSA) is 27.7 Å². The van der Waals surface area contributed by atoms with Gasteiger partial charge in [0.25, 0.3) is 0 Å². The van der Waals surface area contributed by atoms with Crippen LogP contribution in [0, 0.1) is 0 Å². The van der Waals surface area contributed by atoms with Crippen LogP contribution in [0.3, 0.4) is 0 Å². The molecule has 0 radical (unpaired) electrons. The van der Waals surface area contributed by atoms with E-state index in [1.54, 1.807) is 0 Å². The summed E-state index contributed by atoms with van der Waals surface area (Å²) in [7, 11) is -3.16. The normalized spacial score (nSPS) is 13.6. The van der Waals surface area contributed by atoms with Crippen molar-refractivity contribution in [3.05, 3.63) is 0 Å². The smallest absolute Gasteiger partial charge is 0.234 e. The standard InChI is InChI=1S/C6H18O3Si2/c1-10(2,3)8-7-9-11(4,5)6/h1-6H3. The van der Waals surface area contributed by atoms with E-state index in [9.17, 15) is 0 Å². The third-order valence-corrected chi connectivity index (χ3v) is 1.70. The van der Waals surface area contributed by atoms with Gasteiger partial charge in [0, 0.05) is 0 Å². The maximum absolute atomic E-state index is 5.06. The second-order valence-corrected chi connectivity index (χ2v) is 13.2. The zero-order valence-corrected chi connectivity index (χ0v) is 10.2. The summed E-state index contributed by atoms with van der Waals surface area (Å²) in [6.07, 6.45) is 0. The van der Waals surface area contributed by atoms with Gasteiger partial charge in [-0.15, -0.1) is 0 Å². The van der Waals surface area contributed by atoms with Crippen molar-refractivity contribution in [1.82, 2.24) is 0 Å². The van der Waals surface area contributed by atoms with Crippen molar-refractivity contribution >= 4 is 16.6 Å². The summed E-state index contributed by atoms with van der Waals surface area (Å²) >= 11 is 0. The van der Waals surface area contributed by atoms with E-state index in [2.05, 4.69) is 5.04 Å². The van der Waals surface area contributed by atoms with Crippen LogP contribution in [-0.2, 0) is 14.2 Å². The Morgan fingerprint density at radius 2 is 0.909 bits per heavy atom. The van der Waals surface area contributed by atoms with Crippen LogP contribution < -0.4 is 0 Å². The molecule has 0 aliphatic carbocycles. The molecule has 11 heavy (non-hydrogen) atoms. The lowest BCUT2D eigenvalue weighted by atomic mass is 11.8. The molecule has 0 amide bonds. The van der Waals surface area contributed by atoms with Crippen LogP contribution >= 0.6 is 0 Å². The minimum atomic E-state index is -1.58. The molecule has 0 unspecified atom stereocenters. The van der Waals surface area contributed by atoms with Crippen molar-refractivity contribution in [3.63, 3.8) is 0 Å². The van der Waals surface area contributed by atoms with Gasteiger partial charge < -0.3 is 0 Å². The minimum Gasteiger partial charge on any atom is -0.258 e. The van der Waals surface area contributed by atoms with E-state index >= 15 is 0 Å². The predicted octanol–water partition coefficient (Wildman–Crippen LogP) is 2.54. The van der Waals surface area contributed by atoms with E-state index in [4.69, 9.17) is 9.15 Å². The van der Waals surface area contributed by atoms with Crippen molar-refractivity contribution in [2.75, 3.05) is 0 Å². The molecule has 0 bridgehead atoms. The minimum absolute atomic E-state index is 1.58. The zero-order valence-electron chi connectivity index (χ0n) is 8.22. The van der Waals surface area contributed by atoms with E-state index in [-0.39, 0.29) is 0 Å². The van der Waals surface area contributed by atoms with Gasteiger partial charge in [0.05, 0.1) is 0 Å². The maximum Gasteiger partial charge on any atom is 0.234 e. The molecule has 0 fully saturated rings. The van der Waals surface area contributed by atoms with Gasteiger partial charge in [-0.1, -0.05) is 5.04 Å². The summed E-state index contributed by atoms with van der Waals surface area (Å²) < 4.78 is 10.1. The molecule has 0 aromatic carbocycles. The summed E-state index contributed by atoms with van der Waals surface area (Å²) in [5.41, 5.74) is 0. The first kappa shape index (κ1) is 11.3. The fourth-order valence-corrected chi connectivity index (χ4v) is 0.765. The van der Waals surface area contributed by atoms with E-state index in [0.29, 0.717) is 0 Å². The highest BCUT2D eigenvalue weighted by molar-refractivity contribution is 6.70. The molecule has 0 heterocycles. The lowest BCUT2D eigenvalue weighted by molar-refractivity contribution is -0.427. The van der Waals surface area contributed by atoms with Gasteiger partial charge in [-0.2, -0.15) is 0 Å². The fraction of sp³-hybridized carbons (Fsp3) is 1.00. The van der Waals surface area contributed by atoms with Crippen molar-refractivity contribution in [2.24, 2.45) is 0 Å². The number of hydrogen-bond acceptors (Lipinski definition) is 3. The van der Waals surface area contributed by atoms with Gasteiger partial charge >= 0.3 is 0 Å². The molecule has 5 heteroatoms. The summed E-state index contributed by atoms with van der Waals surface area (Å²) in [6.45, 7) is 12.3. The molecular formula is C6H18O3Si2. The predicted molar refractivity (Wildman–Crippen MR) is 49.9 cm³/mol. The van der Waals surface area contributed by atoms with Crippen molar-refractivity contribution in [3.8, 4) is 0 Å². The Labute approximate surface area is 70.8 Å². The summed E-state index contributed by atoms with van der Waals surface area (Å²) in [6, 6.07) is 0. The van der Waals surface area contributed by atoms with Crippen molar-refractivity contribution < 1.29 is 14.2 Å². The van der Waals surface area contributed by atoms with Gasteiger partial charge in [-0.3, -0.25) is 9.15 Å². The molecule has 0 rings (SSSR count). The molecule has 0 aliphatic rings. The SMILES string of the molecule is C[Si](C)(C)OOO[Si](C)(C)C. The average Bonchev–Trinajstić information content (AvgIpc) is 1.55. The van der Waals surface area contributed by atoms with Crippen LogP contribution in [0.2, 0.25) is 39.3 Å². The largest absolute Gasteiger partial charge is 0.258 e. The quantitative estimate of drug-likeness (QED) is 0.391. The highest BCUT2D eigenvalue weighted by Gasteiger charge is 2.21. The van der Waals surface area contributed by atoms with Gasteiger partial charge in [0.15, 0.2) is 0 Å². The first-order valence-corrected chi connectivity index (χ1v) is 10.6. The van der Waals surface area contributed by atoms with E-state index in [1.807, 2.05) is 39.3 Å². The lowest BCUT2D eigenvalue weighted by Crippen LogP contribution is -2.31. The van der Waals surface area contributed by atoms with Crippen molar-refractivity contribution in [1.29, 1.82) is 0 Å². The summed E-state index contributed by atoms with van der Waals surface area (Å²) in [4.78, 5) is 0. The second kappa shape index (κ2) is 3.82.